The first kappa shape index (κ1) is 17.3. The van der Waals surface area contributed by atoms with Gasteiger partial charge in [-0.05, 0) is 36.7 Å². The average Bonchev–Trinajstić information content (AvgIpc) is 2.36. The van der Waals surface area contributed by atoms with Gasteiger partial charge in [-0.1, -0.05) is 27.2 Å². The van der Waals surface area contributed by atoms with Crippen molar-refractivity contribution in [2.45, 2.75) is 52.9 Å². The molecule has 2 rings (SSSR count). The minimum Gasteiger partial charge on any atom is -1.00 e. The van der Waals surface area contributed by atoms with E-state index < -0.39 is 0 Å². The van der Waals surface area contributed by atoms with Crippen molar-refractivity contribution in [1.29, 1.82) is 0 Å². The molecule has 0 radical (unpaired) electrons. The van der Waals surface area contributed by atoms with E-state index in [0.717, 1.165) is 12.3 Å². The molecule has 0 aromatic carbocycles. The van der Waals surface area contributed by atoms with Crippen LogP contribution in [0.3, 0.4) is 0 Å². The fourth-order valence-electron chi connectivity index (χ4n) is 3.08. The average molecular weight is 300 g/mol. The highest BCUT2D eigenvalue weighted by atomic mass is 35.5. The van der Waals surface area contributed by atoms with Gasteiger partial charge in [-0.2, -0.15) is 4.57 Å². The standard InChI is InChI=1S/C16H25NO2.ClH/c1-12(2)15-7-6-13(3)9-16(15)19-11-17-8-4-5-14(18)10-17;/h4-5,8,10,12-13,15-16H,6-7,9,11H2,1-3H3;1H/t13-,15+,16-;/m1./s1. The van der Waals surface area contributed by atoms with Crippen LogP contribution in [0.25, 0.3) is 0 Å². The van der Waals surface area contributed by atoms with Crippen LogP contribution in [0.5, 0.6) is 5.75 Å². The minimum atomic E-state index is 0. The molecule has 4 heteroatoms. The highest BCUT2D eigenvalue weighted by molar-refractivity contribution is 5.09. The maximum atomic E-state index is 9.46. The molecule has 3 atom stereocenters. The highest BCUT2D eigenvalue weighted by Crippen LogP contribution is 2.35. The molecule has 0 saturated heterocycles. The molecule has 0 spiro atoms. The number of halogens is 1. The van der Waals surface area contributed by atoms with E-state index in [9.17, 15) is 5.11 Å². The van der Waals surface area contributed by atoms with Gasteiger partial charge in [-0.15, -0.1) is 0 Å². The lowest BCUT2D eigenvalue weighted by Crippen LogP contribution is -3.00. The monoisotopic (exact) mass is 299 g/mol. The summed E-state index contributed by atoms with van der Waals surface area (Å²) in [6.07, 6.45) is 7.73. The fraction of sp³-hybridized carbons (Fsp3) is 0.688. The fourth-order valence-corrected chi connectivity index (χ4v) is 3.08. The van der Waals surface area contributed by atoms with Gasteiger partial charge in [0, 0.05) is 6.07 Å². The number of hydrogen-bond acceptors (Lipinski definition) is 2. The van der Waals surface area contributed by atoms with Crippen LogP contribution in [0.2, 0.25) is 0 Å². The highest BCUT2D eigenvalue weighted by Gasteiger charge is 2.32. The third-order valence-corrected chi connectivity index (χ3v) is 4.24. The number of ether oxygens (including phenoxy) is 1. The maximum Gasteiger partial charge on any atom is 0.253 e. The van der Waals surface area contributed by atoms with E-state index in [2.05, 4.69) is 20.8 Å². The molecule has 0 amide bonds. The largest absolute Gasteiger partial charge is 1.00 e. The van der Waals surface area contributed by atoms with Crippen LogP contribution >= 0.6 is 0 Å². The van der Waals surface area contributed by atoms with Crippen LogP contribution in [0.15, 0.2) is 24.5 Å². The van der Waals surface area contributed by atoms with E-state index in [1.165, 1.54) is 12.8 Å². The Morgan fingerprint density at radius 1 is 1.40 bits per heavy atom. The zero-order valence-electron chi connectivity index (χ0n) is 12.6. The number of pyridine rings is 1. The van der Waals surface area contributed by atoms with Crippen LogP contribution in [0, 0.1) is 17.8 Å². The molecule has 3 nitrogen and oxygen atoms in total. The van der Waals surface area contributed by atoms with Crippen LogP contribution in [-0.2, 0) is 11.5 Å². The van der Waals surface area contributed by atoms with Gasteiger partial charge in [0.15, 0.2) is 11.9 Å². The van der Waals surface area contributed by atoms with Gasteiger partial charge in [0.05, 0.1) is 6.10 Å². The number of aromatic nitrogens is 1. The third kappa shape index (κ3) is 4.64. The van der Waals surface area contributed by atoms with E-state index in [4.69, 9.17) is 4.74 Å². The van der Waals surface area contributed by atoms with Crippen molar-refractivity contribution in [1.82, 2.24) is 0 Å². The Hall–Kier alpha value is -0.800. The summed E-state index contributed by atoms with van der Waals surface area (Å²) in [4.78, 5) is 0. The van der Waals surface area contributed by atoms with E-state index in [0.29, 0.717) is 24.7 Å². The van der Waals surface area contributed by atoms with E-state index in [1.54, 1.807) is 12.3 Å². The van der Waals surface area contributed by atoms with Crippen LogP contribution in [0.1, 0.15) is 40.0 Å². The van der Waals surface area contributed by atoms with Gasteiger partial charge in [-0.25, -0.2) is 0 Å². The first-order chi connectivity index (χ1) is 9.06. The molecule has 1 aliphatic rings. The topological polar surface area (TPSA) is 33.3 Å². The molecule has 0 unspecified atom stereocenters. The Labute approximate surface area is 128 Å². The minimum absolute atomic E-state index is 0. The van der Waals surface area contributed by atoms with Crippen molar-refractivity contribution in [3.8, 4) is 5.75 Å². The summed E-state index contributed by atoms with van der Waals surface area (Å²) in [5.74, 6) is 2.37. The van der Waals surface area contributed by atoms with Crippen molar-refractivity contribution in [2.75, 3.05) is 0 Å². The van der Waals surface area contributed by atoms with Crippen molar-refractivity contribution in [3.05, 3.63) is 24.5 Å². The third-order valence-electron chi connectivity index (χ3n) is 4.24. The molecule has 1 aromatic heterocycles. The summed E-state index contributed by atoms with van der Waals surface area (Å²) in [6.45, 7) is 7.42. The Kier molecular flexibility index (Phi) is 6.77. The molecule has 1 fully saturated rings. The van der Waals surface area contributed by atoms with E-state index >= 15 is 0 Å². The summed E-state index contributed by atoms with van der Waals surface area (Å²) in [5.41, 5.74) is 0. The summed E-state index contributed by atoms with van der Waals surface area (Å²) < 4.78 is 8.02. The van der Waals surface area contributed by atoms with E-state index in [-0.39, 0.29) is 18.2 Å². The molecule has 1 aromatic rings. The SMILES string of the molecule is CC(C)[C@@H]1CC[C@@H](C)C[C@H]1OC[n+]1cccc(O)c1.[Cl-]. The molecule has 0 aliphatic heterocycles. The normalized spacial score (nSPS) is 26.3. The quantitative estimate of drug-likeness (QED) is 0.801. The first-order valence-corrected chi connectivity index (χ1v) is 7.36. The zero-order valence-corrected chi connectivity index (χ0v) is 13.4. The van der Waals surface area contributed by atoms with E-state index in [1.807, 2.05) is 16.8 Å². The molecule has 1 aliphatic carbocycles. The zero-order chi connectivity index (χ0) is 13.8. The second-order valence-electron chi connectivity index (χ2n) is 6.24. The maximum absolute atomic E-state index is 9.46. The molecule has 20 heavy (non-hydrogen) atoms. The van der Waals surface area contributed by atoms with Crippen molar-refractivity contribution < 1.29 is 26.8 Å². The molecule has 1 heterocycles. The Morgan fingerprint density at radius 3 is 2.80 bits per heavy atom. The van der Waals surface area contributed by atoms with Gasteiger partial charge < -0.3 is 22.3 Å². The summed E-state index contributed by atoms with van der Waals surface area (Å²) >= 11 is 0. The lowest BCUT2D eigenvalue weighted by Gasteiger charge is -2.36. The van der Waals surface area contributed by atoms with Crippen molar-refractivity contribution in [3.63, 3.8) is 0 Å². The summed E-state index contributed by atoms with van der Waals surface area (Å²) in [5, 5.41) is 9.46. The molecular weight excluding hydrogens is 274 g/mol. The van der Waals surface area contributed by atoms with Crippen molar-refractivity contribution in [2.24, 2.45) is 17.8 Å². The predicted molar refractivity (Wildman–Crippen MR) is 74.5 cm³/mol. The molecule has 1 saturated carbocycles. The van der Waals surface area contributed by atoms with Crippen LogP contribution in [0.4, 0.5) is 0 Å². The van der Waals surface area contributed by atoms with Gasteiger partial charge in [0.1, 0.15) is 0 Å². The predicted octanol–water partition coefficient (Wildman–Crippen LogP) is 0.119. The summed E-state index contributed by atoms with van der Waals surface area (Å²) in [6, 6.07) is 3.51. The first-order valence-electron chi connectivity index (χ1n) is 7.36. The lowest BCUT2D eigenvalue weighted by molar-refractivity contribution is -0.735. The Bertz CT molecular complexity index is 411. The number of nitrogens with zero attached hydrogens (tertiary/aromatic N) is 1. The molecule has 114 valence electrons. The van der Waals surface area contributed by atoms with Crippen molar-refractivity contribution >= 4 is 0 Å². The van der Waals surface area contributed by atoms with Gasteiger partial charge in [0.25, 0.3) is 6.73 Å². The molecule has 0 bridgehead atoms. The second kappa shape index (κ2) is 7.84. The molecule has 1 N–H and O–H groups in total. The van der Waals surface area contributed by atoms with Gasteiger partial charge in [-0.3, -0.25) is 0 Å². The van der Waals surface area contributed by atoms with Crippen LogP contribution < -0.4 is 17.0 Å². The van der Waals surface area contributed by atoms with Gasteiger partial charge in [0.2, 0.25) is 6.20 Å². The lowest BCUT2D eigenvalue weighted by atomic mass is 9.75. The number of rotatable bonds is 4. The van der Waals surface area contributed by atoms with Crippen LogP contribution in [-0.4, -0.2) is 11.2 Å². The smallest absolute Gasteiger partial charge is 0.253 e. The number of aromatic hydroxyl groups is 1. The Morgan fingerprint density at radius 2 is 2.15 bits per heavy atom. The number of hydrogen-bond donors (Lipinski definition) is 1. The molecular formula is C16H26ClNO2. The Balaban J connectivity index is 0.00000200. The summed E-state index contributed by atoms with van der Waals surface area (Å²) in [7, 11) is 0. The van der Waals surface area contributed by atoms with Gasteiger partial charge >= 0.3 is 0 Å². The second-order valence-corrected chi connectivity index (χ2v) is 6.24.